The van der Waals surface area contributed by atoms with Gasteiger partial charge in [-0.25, -0.2) is 8.78 Å². The predicted octanol–water partition coefficient (Wildman–Crippen LogP) is 3.27. The van der Waals surface area contributed by atoms with E-state index < -0.39 is 17.7 Å². The Morgan fingerprint density at radius 1 is 1.39 bits per heavy atom. The van der Waals surface area contributed by atoms with Gasteiger partial charge in [-0.1, -0.05) is 6.07 Å². The molecule has 1 heterocycles. The highest BCUT2D eigenvalue weighted by Crippen LogP contribution is 2.29. The third kappa shape index (κ3) is 2.87. The van der Waals surface area contributed by atoms with Crippen molar-refractivity contribution in [1.29, 1.82) is 0 Å². The molecule has 1 aliphatic heterocycles. The molecule has 0 bridgehead atoms. The van der Waals surface area contributed by atoms with Crippen LogP contribution in [0.5, 0.6) is 0 Å². The number of aliphatic hydroxyl groups excluding tert-OH is 1. The van der Waals surface area contributed by atoms with E-state index in [9.17, 15) is 13.9 Å². The third-order valence-electron chi connectivity index (χ3n) is 3.41. The molecule has 0 radical (unpaired) electrons. The Kier molecular flexibility index (Phi) is 4.30. The van der Waals surface area contributed by atoms with Crippen LogP contribution in [0.25, 0.3) is 0 Å². The van der Waals surface area contributed by atoms with E-state index >= 15 is 0 Å². The molecule has 1 aromatic rings. The molecule has 0 spiro atoms. The molecule has 100 valence electrons. The number of aliphatic hydroxyl groups is 1. The maximum absolute atomic E-state index is 13.8. The Morgan fingerprint density at radius 2 is 2.17 bits per heavy atom. The Morgan fingerprint density at radius 3 is 2.83 bits per heavy atom. The third-order valence-corrected chi connectivity index (χ3v) is 3.41. The van der Waals surface area contributed by atoms with E-state index in [0.29, 0.717) is 12.2 Å². The maximum atomic E-state index is 13.8. The molecule has 2 rings (SSSR count). The molecular weight excluding hydrogens is 238 g/mol. The number of hydrogen-bond acceptors (Lipinski definition) is 2. The molecule has 0 amide bonds. The van der Waals surface area contributed by atoms with Crippen LogP contribution >= 0.6 is 0 Å². The maximum Gasteiger partial charge on any atom is 0.134 e. The first kappa shape index (κ1) is 13.4. The number of hydrogen-bond donors (Lipinski definition) is 1. The van der Waals surface area contributed by atoms with Gasteiger partial charge in [0.05, 0.1) is 17.8 Å². The van der Waals surface area contributed by atoms with Crippen LogP contribution in [0, 0.1) is 18.6 Å². The standard InChI is InChI=1S/C14H18F2O2/c1-9-5-6-11(15)13(14(9)16)12(17)8-10-4-2-3-7-18-10/h5-6,10,12,17H,2-4,7-8H2,1H3. The average Bonchev–Trinajstić information content (AvgIpc) is 2.36. The lowest BCUT2D eigenvalue weighted by molar-refractivity contribution is -0.0167. The monoisotopic (exact) mass is 256 g/mol. The summed E-state index contributed by atoms with van der Waals surface area (Å²) in [5, 5.41) is 10.00. The lowest BCUT2D eigenvalue weighted by atomic mass is 9.97. The van der Waals surface area contributed by atoms with Gasteiger partial charge in [0.2, 0.25) is 0 Å². The number of ether oxygens (including phenoxy) is 1. The molecule has 18 heavy (non-hydrogen) atoms. The van der Waals surface area contributed by atoms with Gasteiger partial charge in [-0.2, -0.15) is 0 Å². The highest BCUT2D eigenvalue weighted by Gasteiger charge is 2.24. The molecule has 1 fully saturated rings. The molecular formula is C14H18F2O2. The van der Waals surface area contributed by atoms with Crippen LogP contribution in [0.3, 0.4) is 0 Å². The van der Waals surface area contributed by atoms with Crippen molar-refractivity contribution in [3.05, 3.63) is 34.9 Å². The first-order valence-corrected chi connectivity index (χ1v) is 6.33. The molecule has 2 nitrogen and oxygen atoms in total. The second kappa shape index (κ2) is 5.76. The van der Waals surface area contributed by atoms with Crippen molar-refractivity contribution < 1.29 is 18.6 Å². The van der Waals surface area contributed by atoms with Gasteiger partial charge in [0.1, 0.15) is 11.6 Å². The minimum absolute atomic E-state index is 0.104. The van der Waals surface area contributed by atoms with Gasteiger partial charge in [0, 0.05) is 13.0 Å². The minimum atomic E-state index is -1.15. The molecule has 4 heteroatoms. The highest BCUT2D eigenvalue weighted by atomic mass is 19.1. The number of rotatable bonds is 3. The fourth-order valence-electron chi connectivity index (χ4n) is 2.34. The summed E-state index contributed by atoms with van der Waals surface area (Å²) in [6.07, 6.45) is 1.89. The largest absolute Gasteiger partial charge is 0.388 e. The topological polar surface area (TPSA) is 29.5 Å². The van der Waals surface area contributed by atoms with Gasteiger partial charge in [0.25, 0.3) is 0 Å². The summed E-state index contributed by atoms with van der Waals surface area (Å²) in [5.74, 6) is -1.35. The predicted molar refractivity (Wildman–Crippen MR) is 64.3 cm³/mol. The summed E-state index contributed by atoms with van der Waals surface area (Å²) in [6, 6.07) is 2.57. The second-order valence-corrected chi connectivity index (χ2v) is 4.83. The van der Waals surface area contributed by atoms with Crippen molar-refractivity contribution in [2.24, 2.45) is 0 Å². The van der Waals surface area contributed by atoms with Crippen molar-refractivity contribution in [1.82, 2.24) is 0 Å². The minimum Gasteiger partial charge on any atom is -0.388 e. The van der Waals surface area contributed by atoms with E-state index in [1.54, 1.807) is 6.92 Å². The van der Waals surface area contributed by atoms with E-state index in [1.165, 1.54) is 12.1 Å². The highest BCUT2D eigenvalue weighted by molar-refractivity contribution is 5.28. The van der Waals surface area contributed by atoms with Crippen molar-refractivity contribution >= 4 is 0 Å². The summed E-state index contributed by atoms with van der Waals surface area (Å²) in [5.41, 5.74) is 0.110. The van der Waals surface area contributed by atoms with Gasteiger partial charge in [-0.05, 0) is 37.8 Å². The quantitative estimate of drug-likeness (QED) is 0.899. The van der Waals surface area contributed by atoms with Crippen LogP contribution in [-0.2, 0) is 4.74 Å². The lowest BCUT2D eigenvalue weighted by Crippen LogP contribution is -2.22. The Labute approximate surface area is 106 Å². The number of benzene rings is 1. The van der Waals surface area contributed by atoms with Crippen molar-refractivity contribution in [3.8, 4) is 0 Å². The molecule has 1 aromatic carbocycles. The van der Waals surface area contributed by atoms with Crippen LogP contribution < -0.4 is 0 Å². The van der Waals surface area contributed by atoms with Crippen molar-refractivity contribution in [3.63, 3.8) is 0 Å². The molecule has 0 aliphatic carbocycles. The van der Waals surface area contributed by atoms with E-state index in [4.69, 9.17) is 4.74 Å². The SMILES string of the molecule is Cc1ccc(F)c(C(O)CC2CCCCO2)c1F. The molecule has 1 aliphatic rings. The first-order valence-electron chi connectivity index (χ1n) is 6.33. The molecule has 1 N–H and O–H groups in total. The summed E-state index contributed by atoms with van der Waals surface area (Å²) in [7, 11) is 0. The Bertz CT molecular complexity index is 415. The van der Waals surface area contributed by atoms with Gasteiger partial charge in [-0.15, -0.1) is 0 Å². The van der Waals surface area contributed by atoms with Crippen LogP contribution in [-0.4, -0.2) is 17.8 Å². The first-order chi connectivity index (χ1) is 8.59. The van der Waals surface area contributed by atoms with Gasteiger partial charge in [0.15, 0.2) is 0 Å². The summed E-state index contributed by atoms with van der Waals surface area (Å²) in [4.78, 5) is 0. The number of halogens is 2. The van der Waals surface area contributed by atoms with E-state index in [0.717, 1.165) is 19.3 Å². The zero-order chi connectivity index (χ0) is 13.1. The molecule has 2 atom stereocenters. The van der Waals surface area contributed by atoms with Gasteiger partial charge >= 0.3 is 0 Å². The van der Waals surface area contributed by atoms with E-state index in [2.05, 4.69) is 0 Å². The van der Waals surface area contributed by atoms with Crippen molar-refractivity contribution in [2.45, 2.75) is 44.8 Å². The average molecular weight is 256 g/mol. The number of aryl methyl sites for hydroxylation is 1. The van der Waals surface area contributed by atoms with Crippen LogP contribution in [0.1, 0.15) is 42.9 Å². The normalized spacial score (nSPS) is 21.9. The van der Waals surface area contributed by atoms with Gasteiger partial charge < -0.3 is 9.84 Å². The fourth-order valence-corrected chi connectivity index (χ4v) is 2.34. The summed E-state index contributed by atoms with van der Waals surface area (Å²) in [6.45, 7) is 2.22. The van der Waals surface area contributed by atoms with Gasteiger partial charge in [-0.3, -0.25) is 0 Å². The smallest absolute Gasteiger partial charge is 0.134 e. The fraction of sp³-hybridized carbons (Fsp3) is 0.571. The van der Waals surface area contributed by atoms with E-state index in [1.807, 2.05) is 0 Å². The Balaban J connectivity index is 2.12. The zero-order valence-corrected chi connectivity index (χ0v) is 10.5. The zero-order valence-electron chi connectivity index (χ0n) is 10.5. The molecule has 0 saturated carbocycles. The van der Waals surface area contributed by atoms with E-state index in [-0.39, 0.29) is 18.1 Å². The summed E-state index contributed by atoms with van der Waals surface area (Å²) < 4.78 is 32.9. The van der Waals surface area contributed by atoms with Crippen molar-refractivity contribution in [2.75, 3.05) is 6.61 Å². The Hall–Kier alpha value is -1.00. The van der Waals surface area contributed by atoms with Crippen LogP contribution in [0.2, 0.25) is 0 Å². The molecule has 2 unspecified atom stereocenters. The lowest BCUT2D eigenvalue weighted by Gasteiger charge is -2.25. The second-order valence-electron chi connectivity index (χ2n) is 4.83. The molecule has 1 saturated heterocycles. The summed E-state index contributed by atoms with van der Waals surface area (Å²) >= 11 is 0. The van der Waals surface area contributed by atoms with Crippen LogP contribution in [0.15, 0.2) is 12.1 Å². The molecule has 0 aromatic heterocycles. The van der Waals surface area contributed by atoms with Crippen LogP contribution in [0.4, 0.5) is 8.78 Å².